The highest BCUT2D eigenvalue weighted by Gasteiger charge is 2.69. The predicted octanol–water partition coefficient (Wildman–Crippen LogP) is 6.14. The lowest BCUT2D eigenvalue weighted by molar-refractivity contribution is -0.273. The summed E-state index contributed by atoms with van der Waals surface area (Å²) < 4.78 is 47.6. The first kappa shape index (κ1) is 22.3. The molecule has 0 saturated heterocycles. The quantitative estimate of drug-likeness (QED) is 0.373. The van der Waals surface area contributed by atoms with Crippen molar-refractivity contribution in [1.82, 2.24) is 0 Å². The lowest BCUT2D eigenvalue weighted by Crippen LogP contribution is -2.57. The maximum Gasteiger partial charge on any atom is 0.405 e. The molecule has 0 aliphatic carbocycles. The molecule has 0 aromatic heterocycles. The maximum absolute atomic E-state index is 14.2. The average Bonchev–Trinajstić information content (AvgIpc) is 2.43. The highest BCUT2D eigenvalue weighted by Crippen LogP contribution is 2.59. The Hall–Kier alpha value is -0.740. The topological polar surface area (TPSA) is 26.3 Å². The van der Waals surface area contributed by atoms with Crippen LogP contribution in [0.25, 0.3) is 0 Å². The van der Waals surface area contributed by atoms with Gasteiger partial charge in [-0.2, -0.15) is 13.2 Å². The second-order valence-corrected chi connectivity index (χ2v) is 7.82. The van der Waals surface area contributed by atoms with Crippen LogP contribution in [0.2, 0.25) is 0 Å². The van der Waals surface area contributed by atoms with Gasteiger partial charge in [-0.25, -0.2) is 0 Å². The van der Waals surface area contributed by atoms with Crippen LogP contribution in [0.1, 0.15) is 80.6 Å². The van der Waals surface area contributed by atoms with Crippen LogP contribution in [-0.4, -0.2) is 18.8 Å². The number of hydrogen-bond acceptors (Lipinski definition) is 2. The van der Waals surface area contributed by atoms with Crippen molar-refractivity contribution in [2.45, 2.75) is 86.7 Å². The monoisotopic (exact) mass is 338 g/mol. The molecule has 0 aromatic carbocycles. The van der Waals surface area contributed by atoms with Crippen LogP contribution in [-0.2, 0) is 9.53 Å². The first-order chi connectivity index (χ1) is 10.3. The zero-order valence-electron chi connectivity index (χ0n) is 15.7. The van der Waals surface area contributed by atoms with Crippen LogP contribution in [0.5, 0.6) is 0 Å². The molecule has 1 unspecified atom stereocenters. The minimum absolute atomic E-state index is 0.0412. The summed E-state index contributed by atoms with van der Waals surface area (Å²) >= 11 is 0. The van der Waals surface area contributed by atoms with E-state index < -0.39 is 28.4 Å². The molecule has 0 radical (unpaired) electrons. The molecule has 1 atom stereocenters. The van der Waals surface area contributed by atoms with Crippen LogP contribution < -0.4 is 0 Å². The maximum atomic E-state index is 14.2. The number of alkyl halides is 3. The van der Waals surface area contributed by atoms with Gasteiger partial charge in [0.2, 0.25) is 0 Å². The SMILES string of the molecule is CCCCOC(=O)C(CC(C)(C)CC)(C(F)(F)F)C(C)(C)CC. The van der Waals surface area contributed by atoms with Crippen molar-refractivity contribution in [2.75, 3.05) is 6.61 Å². The third-order valence-electron chi connectivity index (χ3n) is 5.30. The van der Waals surface area contributed by atoms with Gasteiger partial charge in [-0.3, -0.25) is 4.79 Å². The molecule has 5 heteroatoms. The van der Waals surface area contributed by atoms with E-state index in [1.165, 1.54) is 13.8 Å². The van der Waals surface area contributed by atoms with Crippen LogP contribution in [0.15, 0.2) is 0 Å². The molecule has 138 valence electrons. The molecule has 0 rings (SSSR count). The largest absolute Gasteiger partial charge is 0.465 e. The molecule has 0 heterocycles. The van der Waals surface area contributed by atoms with Crippen molar-refractivity contribution in [1.29, 1.82) is 0 Å². The van der Waals surface area contributed by atoms with Gasteiger partial charge in [0, 0.05) is 0 Å². The van der Waals surface area contributed by atoms with E-state index in [-0.39, 0.29) is 19.4 Å². The lowest BCUT2D eigenvalue weighted by Gasteiger charge is -2.48. The molecule has 0 aliphatic heterocycles. The fraction of sp³-hybridized carbons (Fsp3) is 0.944. The zero-order chi connectivity index (χ0) is 18.5. The normalized spacial score (nSPS) is 16.1. The Bertz CT molecular complexity index is 386. The molecule has 2 nitrogen and oxygen atoms in total. The fourth-order valence-corrected chi connectivity index (χ4v) is 2.76. The van der Waals surface area contributed by atoms with E-state index in [4.69, 9.17) is 4.74 Å². The van der Waals surface area contributed by atoms with E-state index in [1.807, 2.05) is 13.8 Å². The fourth-order valence-electron chi connectivity index (χ4n) is 2.76. The van der Waals surface area contributed by atoms with Crippen LogP contribution in [0, 0.1) is 16.2 Å². The summed E-state index contributed by atoms with van der Waals surface area (Å²) in [6.07, 6.45) is -2.76. The van der Waals surface area contributed by atoms with Crippen molar-refractivity contribution in [3.8, 4) is 0 Å². The molecule has 0 N–H and O–H groups in total. The number of hydrogen-bond donors (Lipinski definition) is 0. The smallest absolute Gasteiger partial charge is 0.405 e. The van der Waals surface area contributed by atoms with Crippen molar-refractivity contribution >= 4 is 5.97 Å². The Kier molecular flexibility index (Phi) is 7.63. The molecule has 0 saturated carbocycles. The summed E-state index contributed by atoms with van der Waals surface area (Å²) in [5, 5.41) is 0. The number of carbonyl (C=O) groups excluding carboxylic acids is 1. The number of halogens is 3. The van der Waals surface area contributed by atoms with Crippen LogP contribution in [0.3, 0.4) is 0 Å². The molecule has 0 spiro atoms. The molecule has 0 bridgehead atoms. The highest BCUT2D eigenvalue weighted by molar-refractivity contribution is 5.79. The van der Waals surface area contributed by atoms with Gasteiger partial charge in [0.15, 0.2) is 5.41 Å². The number of esters is 1. The molecule has 0 fully saturated rings. The second-order valence-electron chi connectivity index (χ2n) is 7.82. The third-order valence-corrected chi connectivity index (χ3v) is 5.30. The van der Waals surface area contributed by atoms with Crippen molar-refractivity contribution in [3.05, 3.63) is 0 Å². The van der Waals surface area contributed by atoms with Gasteiger partial charge >= 0.3 is 12.1 Å². The Morgan fingerprint density at radius 1 is 0.957 bits per heavy atom. The predicted molar refractivity (Wildman–Crippen MR) is 87.1 cm³/mol. The Morgan fingerprint density at radius 2 is 1.48 bits per heavy atom. The summed E-state index contributed by atoms with van der Waals surface area (Å²) in [4.78, 5) is 12.6. The molecule has 0 aliphatic rings. The van der Waals surface area contributed by atoms with E-state index in [0.717, 1.165) is 6.42 Å². The number of unbranched alkanes of at least 4 members (excludes halogenated alkanes) is 1. The minimum atomic E-state index is -4.65. The Labute approximate surface area is 139 Å². The zero-order valence-corrected chi connectivity index (χ0v) is 15.7. The van der Waals surface area contributed by atoms with Crippen LogP contribution in [0.4, 0.5) is 13.2 Å². The van der Waals surface area contributed by atoms with E-state index in [2.05, 4.69) is 0 Å². The van der Waals surface area contributed by atoms with Crippen LogP contribution >= 0.6 is 0 Å². The summed E-state index contributed by atoms with van der Waals surface area (Å²) in [7, 11) is 0. The average molecular weight is 338 g/mol. The number of carbonyl (C=O) groups is 1. The number of ether oxygens (including phenoxy) is 1. The summed E-state index contributed by atoms with van der Waals surface area (Å²) in [5.74, 6) is -1.12. The summed E-state index contributed by atoms with van der Waals surface area (Å²) in [5.41, 5.74) is -4.32. The Morgan fingerprint density at radius 3 is 1.83 bits per heavy atom. The first-order valence-electron chi connectivity index (χ1n) is 8.55. The first-order valence-corrected chi connectivity index (χ1v) is 8.55. The minimum Gasteiger partial charge on any atom is -0.465 e. The van der Waals surface area contributed by atoms with E-state index >= 15 is 0 Å². The van der Waals surface area contributed by atoms with Gasteiger partial charge < -0.3 is 4.74 Å². The number of rotatable bonds is 9. The van der Waals surface area contributed by atoms with Gasteiger partial charge in [0.25, 0.3) is 0 Å². The third kappa shape index (κ3) is 4.87. The Balaban J connectivity index is 6.03. The van der Waals surface area contributed by atoms with E-state index in [0.29, 0.717) is 12.8 Å². The summed E-state index contributed by atoms with van der Waals surface area (Å²) in [6.45, 7) is 12.1. The summed E-state index contributed by atoms with van der Waals surface area (Å²) in [6, 6.07) is 0. The van der Waals surface area contributed by atoms with Gasteiger partial charge in [0.05, 0.1) is 6.61 Å². The van der Waals surface area contributed by atoms with Gasteiger partial charge in [-0.05, 0) is 30.1 Å². The molecule has 0 aromatic rings. The van der Waals surface area contributed by atoms with Crippen molar-refractivity contribution < 1.29 is 22.7 Å². The molecule has 0 amide bonds. The second kappa shape index (κ2) is 7.89. The van der Waals surface area contributed by atoms with Crippen molar-refractivity contribution in [2.24, 2.45) is 16.2 Å². The van der Waals surface area contributed by atoms with Gasteiger partial charge in [0.1, 0.15) is 0 Å². The standard InChI is InChI=1S/C18H33F3O2/c1-8-11-12-23-14(22)17(18(19,20)21,16(6,7)10-3)13-15(4,5)9-2/h8-13H2,1-7H3. The molecular formula is C18H33F3O2. The lowest BCUT2D eigenvalue weighted by atomic mass is 9.57. The molecular weight excluding hydrogens is 305 g/mol. The van der Waals surface area contributed by atoms with Crippen molar-refractivity contribution in [3.63, 3.8) is 0 Å². The molecule has 23 heavy (non-hydrogen) atoms. The highest BCUT2D eigenvalue weighted by atomic mass is 19.4. The van der Waals surface area contributed by atoms with E-state index in [9.17, 15) is 18.0 Å². The van der Waals surface area contributed by atoms with Gasteiger partial charge in [-0.1, -0.05) is 61.3 Å². The van der Waals surface area contributed by atoms with E-state index in [1.54, 1.807) is 20.8 Å². The van der Waals surface area contributed by atoms with Gasteiger partial charge in [-0.15, -0.1) is 0 Å².